The average Bonchev–Trinajstić information content (AvgIpc) is 2.81. The molecule has 2 rings (SSSR count). The number of nitriles is 1. The van der Waals surface area contributed by atoms with Gasteiger partial charge in [0.2, 0.25) is 0 Å². The van der Waals surface area contributed by atoms with E-state index in [1.165, 1.54) is 32.1 Å². The molecule has 2 fully saturated rings. The van der Waals surface area contributed by atoms with Crippen LogP contribution in [0.2, 0.25) is 0 Å². The van der Waals surface area contributed by atoms with E-state index in [2.05, 4.69) is 18.3 Å². The maximum atomic E-state index is 8.71. The highest BCUT2D eigenvalue weighted by atomic mass is 14.9. The number of hydrogen-bond acceptors (Lipinski definition) is 2. The molecule has 0 radical (unpaired) electrons. The van der Waals surface area contributed by atoms with Gasteiger partial charge in [-0.3, -0.25) is 0 Å². The summed E-state index contributed by atoms with van der Waals surface area (Å²) in [7, 11) is 0. The van der Waals surface area contributed by atoms with E-state index < -0.39 is 0 Å². The van der Waals surface area contributed by atoms with E-state index in [4.69, 9.17) is 5.26 Å². The summed E-state index contributed by atoms with van der Waals surface area (Å²) in [5.41, 5.74) is 0.372. The lowest BCUT2D eigenvalue weighted by Gasteiger charge is -2.20. The van der Waals surface area contributed by atoms with Gasteiger partial charge in [-0.25, -0.2) is 0 Å². The van der Waals surface area contributed by atoms with Crippen LogP contribution in [0.25, 0.3) is 0 Å². The second-order valence-electron chi connectivity index (χ2n) is 5.23. The Bertz CT molecular complexity index is 237. The predicted octanol–water partition coefficient (Wildman–Crippen LogP) is 2.46. The normalized spacial score (nSPS) is 34.0. The smallest absolute Gasteiger partial charge is 0.0628 e. The first-order chi connectivity index (χ1) is 6.76. The molecule has 0 aliphatic heterocycles. The molecule has 78 valence electrons. The van der Waals surface area contributed by atoms with E-state index in [0.29, 0.717) is 5.41 Å². The Morgan fingerprint density at radius 2 is 2.21 bits per heavy atom. The maximum absolute atomic E-state index is 8.71. The van der Waals surface area contributed by atoms with Crippen LogP contribution >= 0.6 is 0 Å². The topological polar surface area (TPSA) is 35.8 Å². The Kier molecular flexibility index (Phi) is 2.78. The van der Waals surface area contributed by atoms with Gasteiger partial charge in [-0.05, 0) is 37.0 Å². The summed E-state index contributed by atoms with van der Waals surface area (Å²) in [6.07, 6.45) is 7.36. The highest BCUT2D eigenvalue weighted by molar-refractivity contribution is 5.01. The molecule has 2 saturated carbocycles. The summed E-state index contributed by atoms with van der Waals surface area (Å²) in [6, 6.07) is 3.05. The zero-order valence-electron chi connectivity index (χ0n) is 9.05. The van der Waals surface area contributed by atoms with Gasteiger partial charge >= 0.3 is 0 Å². The molecule has 2 unspecified atom stereocenters. The van der Waals surface area contributed by atoms with Crippen LogP contribution in [0, 0.1) is 22.7 Å². The summed E-state index contributed by atoms with van der Waals surface area (Å²) >= 11 is 0. The van der Waals surface area contributed by atoms with Gasteiger partial charge < -0.3 is 5.32 Å². The molecule has 2 heteroatoms. The van der Waals surface area contributed by atoms with Gasteiger partial charge in [0, 0.05) is 19.0 Å². The first-order valence-corrected chi connectivity index (χ1v) is 5.86. The van der Waals surface area contributed by atoms with Crippen molar-refractivity contribution in [2.24, 2.45) is 11.3 Å². The van der Waals surface area contributed by atoms with Crippen LogP contribution in [-0.2, 0) is 0 Å². The van der Waals surface area contributed by atoms with E-state index in [9.17, 15) is 0 Å². The van der Waals surface area contributed by atoms with Gasteiger partial charge in [0.15, 0.2) is 0 Å². The minimum Gasteiger partial charge on any atom is -0.313 e. The third-order valence-corrected chi connectivity index (χ3v) is 4.01. The highest BCUT2D eigenvalue weighted by Gasteiger charge is 2.42. The summed E-state index contributed by atoms with van der Waals surface area (Å²) in [4.78, 5) is 0. The molecule has 0 bridgehead atoms. The Hall–Kier alpha value is -0.550. The number of rotatable bonds is 4. The first kappa shape index (κ1) is 9.98. The van der Waals surface area contributed by atoms with E-state index in [1.807, 2.05) is 0 Å². The van der Waals surface area contributed by atoms with Crippen LogP contribution in [0.1, 0.15) is 45.4 Å². The van der Waals surface area contributed by atoms with Crippen molar-refractivity contribution in [2.45, 2.75) is 51.5 Å². The highest BCUT2D eigenvalue weighted by Crippen LogP contribution is 2.48. The predicted molar refractivity (Wildman–Crippen MR) is 56.7 cm³/mol. The van der Waals surface area contributed by atoms with Crippen LogP contribution in [0.4, 0.5) is 0 Å². The van der Waals surface area contributed by atoms with Crippen LogP contribution in [-0.4, -0.2) is 12.6 Å². The van der Waals surface area contributed by atoms with Crippen molar-refractivity contribution in [3.63, 3.8) is 0 Å². The number of nitrogens with zero attached hydrogens (tertiary/aromatic N) is 1. The van der Waals surface area contributed by atoms with Crippen molar-refractivity contribution in [3.8, 4) is 6.07 Å². The summed E-state index contributed by atoms with van der Waals surface area (Å²) < 4.78 is 0. The van der Waals surface area contributed by atoms with Crippen LogP contribution in [0.5, 0.6) is 0 Å². The molecule has 0 amide bonds. The molecule has 0 aromatic carbocycles. The molecule has 0 aromatic rings. The Balaban J connectivity index is 1.74. The molecule has 0 aromatic heterocycles. The van der Waals surface area contributed by atoms with Crippen molar-refractivity contribution >= 4 is 0 Å². The number of nitrogens with one attached hydrogen (secondary N) is 1. The van der Waals surface area contributed by atoms with Crippen molar-refractivity contribution < 1.29 is 0 Å². The van der Waals surface area contributed by atoms with Gasteiger partial charge in [0.05, 0.1) is 6.07 Å². The Morgan fingerprint density at radius 1 is 1.43 bits per heavy atom. The molecule has 1 N–H and O–H groups in total. The minimum atomic E-state index is 0.372. The Labute approximate surface area is 86.7 Å². The largest absolute Gasteiger partial charge is 0.313 e. The lowest BCUT2D eigenvalue weighted by molar-refractivity contribution is 0.371. The summed E-state index contributed by atoms with van der Waals surface area (Å²) in [6.45, 7) is 3.42. The molecule has 14 heavy (non-hydrogen) atoms. The Morgan fingerprint density at radius 3 is 2.71 bits per heavy atom. The van der Waals surface area contributed by atoms with Crippen LogP contribution in [0.3, 0.4) is 0 Å². The number of hydrogen-bond donors (Lipinski definition) is 1. The second-order valence-corrected chi connectivity index (χ2v) is 5.23. The zero-order valence-corrected chi connectivity index (χ0v) is 9.05. The lowest BCUT2D eigenvalue weighted by atomic mass is 10.0. The molecule has 0 heterocycles. The van der Waals surface area contributed by atoms with E-state index in [0.717, 1.165) is 24.9 Å². The molecule has 0 saturated heterocycles. The minimum absolute atomic E-state index is 0.372. The average molecular weight is 192 g/mol. The summed E-state index contributed by atoms with van der Waals surface area (Å²) in [5.74, 6) is 0.841. The van der Waals surface area contributed by atoms with Crippen LogP contribution in [0.15, 0.2) is 0 Å². The third kappa shape index (κ3) is 2.09. The van der Waals surface area contributed by atoms with E-state index in [-0.39, 0.29) is 0 Å². The van der Waals surface area contributed by atoms with E-state index in [1.54, 1.807) is 0 Å². The quantitative estimate of drug-likeness (QED) is 0.742. The fourth-order valence-electron chi connectivity index (χ4n) is 2.56. The zero-order chi connectivity index (χ0) is 10.0. The first-order valence-electron chi connectivity index (χ1n) is 5.86. The fraction of sp³-hybridized carbons (Fsp3) is 0.917. The lowest BCUT2D eigenvalue weighted by Crippen LogP contribution is -2.35. The monoisotopic (exact) mass is 192 g/mol. The van der Waals surface area contributed by atoms with Crippen LogP contribution < -0.4 is 5.32 Å². The maximum Gasteiger partial charge on any atom is 0.0628 e. The second kappa shape index (κ2) is 3.90. The van der Waals surface area contributed by atoms with Gasteiger partial charge in [-0.1, -0.05) is 13.3 Å². The van der Waals surface area contributed by atoms with Gasteiger partial charge in [-0.15, -0.1) is 0 Å². The third-order valence-electron chi connectivity index (χ3n) is 4.01. The summed E-state index contributed by atoms with van der Waals surface area (Å²) in [5, 5.41) is 12.4. The molecule has 2 aliphatic carbocycles. The molecular formula is C12H20N2. The molecule has 2 nitrogen and oxygen atoms in total. The van der Waals surface area contributed by atoms with Gasteiger partial charge in [-0.2, -0.15) is 5.26 Å². The van der Waals surface area contributed by atoms with Crippen molar-refractivity contribution in [2.75, 3.05) is 6.54 Å². The SMILES string of the molecule is CC1CCCC1NCC1(CC#N)CC1. The van der Waals surface area contributed by atoms with Crippen molar-refractivity contribution in [1.29, 1.82) is 5.26 Å². The molecule has 2 atom stereocenters. The van der Waals surface area contributed by atoms with E-state index >= 15 is 0 Å². The molecular weight excluding hydrogens is 172 g/mol. The van der Waals surface area contributed by atoms with Crippen molar-refractivity contribution in [3.05, 3.63) is 0 Å². The molecule has 2 aliphatic rings. The van der Waals surface area contributed by atoms with Crippen molar-refractivity contribution in [1.82, 2.24) is 5.32 Å². The van der Waals surface area contributed by atoms with Gasteiger partial charge in [0.1, 0.15) is 0 Å². The molecule has 0 spiro atoms. The fourth-order valence-corrected chi connectivity index (χ4v) is 2.56. The van der Waals surface area contributed by atoms with Gasteiger partial charge in [0.25, 0.3) is 0 Å². The standard InChI is InChI=1S/C12H20N2/c1-10-3-2-4-11(10)14-9-12(5-6-12)7-8-13/h10-11,14H,2-7,9H2,1H3.